The van der Waals surface area contributed by atoms with Gasteiger partial charge < -0.3 is 5.32 Å². The summed E-state index contributed by atoms with van der Waals surface area (Å²) in [5, 5.41) is 6.48. The molecule has 0 saturated heterocycles. The van der Waals surface area contributed by atoms with Crippen LogP contribution in [-0.4, -0.2) is 17.3 Å². The van der Waals surface area contributed by atoms with E-state index < -0.39 is 0 Å². The Balaban J connectivity index is 1.89. The predicted octanol–water partition coefficient (Wildman–Crippen LogP) is 4.63. The summed E-state index contributed by atoms with van der Waals surface area (Å²) in [5.41, 5.74) is 2.45. The Morgan fingerprint density at radius 2 is 2.14 bits per heavy atom. The minimum absolute atomic E-state index is 0.734. The van der Waals surface area contributed by atoms with E-state index in [0.29, 0.717) is 0 Å². The second-order valence-corrected chi connectivity index (χ2v) is 7.48. The van der Waals surface area contributed by atoms with Crippen LogP contribution in [0.5, 0.6) is 0 Å². The fraction of sp³-hybridized carbons (Fsp3) is 0.500. The molecule has 2 nitrogen and oxygen atoms in total. The van der Waals surface area contributed by atoms with Crippen LogP contribution in [0, 0.1) is 5.92 Å². The molecule has 1 aromatic carbocycles. The van der Waals surface area contributed by atoms with Crippen LogP contribution in [0.15, 0.2) is 35.4 Å². The highest BCUT2D eigenvalue weighted by atomic mass is 32.2. The van der Waals surface area contributed by atoms with Gasteiger partial charge in [0.15, 0.2) is 0 Å². The van der Waals surface area contributed by atoms with Gasteiger partial charge in [0.1, 0.15) is 5.03 Å². The molecule has 1 aliphatic carbocycles. The summed E-state index contributed by atoms with van der Waals surface area (Å²) in [6.07, 6.45) is 5.43. The second kappa shape index (κ2) is 6.80. The van der Waals surface area contributed by atoms with Crippen LogP contribution in [0.25, 0.3) is 10.9 Å². The summed E-state index contributed by atoms with van der Waals surface area (Å²) in [5.74, 6) is 0.865. The molecule has 0 radical (unpaired) electrons. The Kier molecular flexibility index (Phi) is 4.81. The Morgan fingerprint density at radius 1 is 1.29 bits per heavy atom. The van der Waals surface area contributed by atoms with E-state index in [2.05, 4.69) is 42.6 Å². The molecule has 2 aromatic rings. The van der Waals surface area contributed by atoms with Crippen LogP contribution >= 0.6 is 11.8 Å². The second-order valence-electron chi connectivity index (χ2n) is 6.19. The van der Waals surface area contributed by atoms with Gasteiger partial charge >= 0.3 is 0 Å². The van der Waals surface area contributed by atoms with Gasteiger partial charge in [0.2, 0.25) is 0 Å². The Labute approximate surface area is 131 Å². The van der Waals surface area contributed by atoms with Crippen molar-refractivity contribution in [3.63, 3.8) is 0 Å². The number of hydrogen-bond donors (Lipinski definition) is 1. The minimum Gasteiger partial charge on any atom is -0.316 e. The Morgan fingerprint density at radius 3 is 2.95 bits per heavy atom. The maximum absolute atomic E-state index is 4.94. The number of hydrogen-bond acceptors (Lipinski definition) is 3. The molecule has 1 N–H and O–H groups in total. The van der Waals surface area contributed by atoms with E-state index in [4.69, 9.17) is 4.98 Å². The average Bonchev–Trinajstić information content (AvgIpc) is 2.48. The largest absolute Gasteiger partial charge is 0.316 e. The van der Waals surface area contributed by atoms with Gasteiger partial charge in [-0.15, -0.1) is 11.8 Å². The Hall–Kier alpha value is -1.06. The third-order valence-electron chi connectivity index (χ3n) is 4.30. The van der Waals surface area contributed by atoms with Crippen molar-refractivity contribution >= 4 is 22.7 Å². The maximum Gasteiger partial charge on any atom is 0.101 e. The first kappa shape index (κ1) is 14.9. The number of nitrogens with zero attached hydrogens (tertiary/aromatic N) is 1. The number of pyridine rings is 1. The highest BCUT2D eigenvalue weighted by molar-refractivity contribution is 7.99. The topological polar surface area (TPSA) is 24.9 Å². The molecule has 1 aromatic heterocycles. The maximum atomic E-state index is 4.94. The minimum atomic E-state index is 0.734. The van der Waals surface area contributed by atoms with Crippen LogP contribution < -0.4 is 5.32 Å². The van der Waals surface area contributed by atoms with Gasteiger partial charge in [-0.2, -0.15) is 0 Å². The van der Waals surface area contributed by atoms with Gasteiger partial charge in [-0.25, -0.2) is 4.98 Å². The van der Waals surface area contributed by atoms with Gasteiger partial charge in [-0.05, 0) is 43.5 Å². The Bertz CT molecular complexity index is 611. The summed E-state index contributed by atoms with van der Waals surface area (Å²) in [6.45, 7) is 3.28. The number of thioether (sulfide) groups is 1. The molecule has 2 unspecified atom stereocenters. The molecule has 3 rings (SSSR count). The normalized spacial score (nSPS) is 22.6. The van der Waals surface area contributed by atoms with Crippen molar-refractivity contribution in [2.24, 2.45) is 5.92 Å². The zero-order chi connectivity index (χ0) is 14.7. The smallest absolute Gasteiger partial charge is 0.101 e. The van der Waals surface area contributed by atoms with Crippen molar-refractivity contribution in [1.82, 2.24) is 10.3 Å². The molecular formula is C18H24N2S. The van der Waals surface area contributed by atoms with Crippen molar-refractivity contribution in [2.45, 2.75) is 49.4 Å². The zero-order valence-corrected chi connectivity index (χ0v) is 13.7. The number of aromatic nitrogens is 1. The molecule has 1 fully saturated rings. The monoisotopic (exact) mass is 300 g/mol. The van der Waals surface area contributed by atoms with Crippen LogP contribution in [0.3, 0.4) is 0 Å². The van der Waals surface area contributed by atoms with Gasteiger partial charge in [0.05, 0.1) is 5.52 Å². The first-order valence-electron chi connectivity index (χ1n) is 7.96. The molecule has 0 bridgehead atoms. The molecular weight excluding hydrogens is 276 g/mol. The van der Waals surface area contributed by atoms with E-state index in [1.54, 1.807) is 0 Å². The van der Waals surface area contributed by atoms with E-state index in [1.807, 2.05) is 18.8 Å². The van der Waals surface area contributed by atoms with Gasteiger partial charge in [-0.1, -0.05) is 38.0 Å². The average molecular weight is 300 g/mol. The third-order valence-corrected chi connectivity index (χ3v) is 5.64. The molecule has 0 spiro atoms. The molecule has 0 amide bonds. The van der Waals surface area contributed by atoms with E-state index >= 15 is 0 Å². The van der Waals surface area contributed by atoms with Gasteiger partial charge in [0, 0.05) is 17.2 Å². The van der Waals surface area contributed by atoms with Crippen molar-refractivity contribution in [3.8, 4) is 0 Å². The quantitative estimate of drug-likeness (QED) is 0.891. The van der Waals surface area contributed by atoms with Crippen LogP contribution in [0.2, 0.25) is 0 Å². The molecule has 1 aliphatic rings. The molecule has 1 saturated carbocycles. The molecule has 2 atom stereocenters. The van der Waals surface area contributed by atoms with Crippen molar-refractivity contribution in [2.75, 3.05) is 7.05 Å². The predicted molar refractivity (Wildman–Crippen MR) is 91.8 cm³/mol. The fourth-order valence-corrected chi connectivity index (χ4v) is 4.66. The lowest BCUT2D eigenvalue weighted by Gasteiger charge is -2.26. The molecule has 112 valence electrons. The molecule has 0 aliphatic heterocycles. The van der Waals surface area contributed by atoms with Crippen LogP contribution in [-0.2, 0) is 6.54 Å². The van der Waals surface area contributed by atoms with Gasteiger partial charge in [-0.3, -0.25) is 0 Å². The van der Waals surface area contributed by atoms with Crippen molar-refractivity contribution in [1.29, 1.82) is 0 Å². The van der Waals surface area contributed by atoms with E-state index in [9.17, 15) is 0 Å². The van der Waals surface area contributed by atoms with Crippen LogP contribution in [0.1, 0.15) is 38.2 Å². The number of fused-ring (bicyclic) bond motifs is 1. The lowest BCUT2D eigenvalue weighted by atomic mass is 9.91. The first-order valence-corrected chi connectivity index (χ1v) is 8.84. The standard InChI is InChI=1S/C18H24N2S/c1-13-6-5-8-16(10-13)21-18-15(12-19-2)11-14-7-3-4-9-17(14)20-18/h3-4,7,9,11,13,16,19H,5-6,8,10,12H2,1-2H3. The van der Waals surface area contributed by atoms with E-state index in [-0.39, 0.29) is 0 Å². The third kappa shape index (κ3) is 3.58. The summed E-state index contributed by atoms with van der Waals surface area (Å²) in [4.78, 5) is 4.94. The SMILES string of the molecule is CNCc1cc2ccccc2nc1SC1CCCC(C)C1. The number of rotatable bonds is 4. The van der Waals surface area contributed by atoms with Crippen molar-refractivity contribution in [3.05, 3.63) is 35.9 Å². The lowest BCUT2D eigenvalue weighted by Crippen LogP contribution is -2.16. The molecule has 3 heteroatoms. The van der Waals surface area contributed by atoms with E-state index in [1.165, 1.54) is 41.7 Å². The summed E-state index contributed by atoms with van der Waals surface area (Å²) in [7, 11) is 2.01. The first-order chi connectivity index (χ1) is 10.3. The summed E-state index contributed by atoms with van der Waals surface area (Å²) < 4.78 is 0. The number of benzene rings is 1. The van der Waals surface area contributed by atoms with Crippen molar-refractivity contribution < 1.29 is 0 Å². The highest BCUT2D eigenvalue weighted by Crippen LogP contribution is 2.37. The highest BCUT2D eigenvalue weighted by Gasteiger charge is 2.21. The van der Waals surface area contributed by atoms with Gasteiger partial charge in [0.25, 0.3) is 0 Å². The van der Waals surface area contributed by atoms with Crippen LogP contribution in [0.4, 0.5) is 0 Å². The fourth-order valence-electron chi connectivity index (χ4n) is 3.20. The zero-order valence-electron chi connectivity index (χ0n) is 12.9. The molecule has 21 heavy (non-hydrogen) atoms. The van der Waals surface area contributed by atoms with E-state index in [0.717, 1.165) is 23.2 Å². The number of nitrogens with one attached hydrogen (secondary N) is 1. The molecule has 1 heterocycles. The lowest BCUT2D eigenvalue weighted by molar-refractivity contribution is 0.394. The summed E-state index contributed by atoms with van der Waals surface area (Å²) in [6, 6.07) is 10.7. The number of para-hydroxylation sites is 1. The summed E-state index contributed by atoms with van der Waals surface area (Å²) >= 11 is 2.00.